The van der Waals surface area contributed by atoms with Crippen LogP contribution in [0.15, 0.2) is 24.3 Å². The highest BCUT2D eigenvalue weighted by atomic mass is 16.1. The fourth-order valence-electron chi connectivity index (χ4n) is 1.82. The molecule has 0 radical (unpaired) electrons. The van der Waals surface area contributed by atoms with E-state index >= 15 is 0 Å². The van der Waals surface area contributed by atoms with Crippen molar-refractivity contribution >= 4 is 5.78 Å². The molecule has 1 aromatic rings. The summed E-state index contributed by atoms with van der Waals surface area (Å²) in [5.41, 5.74) is 1.97. The molecule has 0 heterocycles. The van der Waals surface area contributed by atoms with Crippen molar-refractivity contribution in [3.05, 3.63) is 35.4 Å². The van der Waals surface area contributed by atoms with Gasteiger partial charge in [0.05, 0.1) is 6.07 Å². The van der Waals surface area contributed by atoms with Crippen molar-refractivity contribution in [3.8, 4) is 6.07 Å². The Balaban J connectivity index is 2.56. The summed E-state index contributed by atoms with van der Waals surface area (Å²) in [6.07, 6.45) is 1.49. The average molecular weight is 244 g/mol. The molecule has 3 nitrogen and oxygen atoms in total. The van der Waals surface area contributed by atoms with Crippen LogP contribution >= 0.6 is 0 Å². The average Bonchev–Trinajstić information content (AvgIpc) is 2.36. The molecule has 18 heavy (non-hydrogen) atoms. The Morgan fingerprint density at radius 2 is 2.00 bits per heavy atom. The normalized spacial score (nSPS) is 12.2. The molecule has 0 N–H and O–H groups in total. The molecule has 1 aromatic carbocycles. The van der Waals surface area contributed by atoms with Crippen molar-refractivity contribution in [2.45, 2.75) is 32.7 Å². The Labute approximate surface area is 109 Å². The minimum Gasteiger partial charge on any atom is -0.302 e. The lowest BCUT2D eigenvalue weighted by molar-refractivity contribution is 0.101. The highest BCUT2D eigenvalue weighted by molar-refractivity contribution is 5.93. The Morgan fingerprint density at radius 1 is 1.39 bits per heavy atom. The molecule has 0 bridgehead atoms. The summed E-state index contributed by atoms with van der Waals surface area (Å²) in [6.45, 7) is 4.52. The van der Waals surface area contributed by atoms with Gasteiger partial charge in [0.25, 0.3) is 0 Å². The van der Waals surface area contributed by atoms with Gasteiger partial charge in [-0.25, -0.2) is 0 Å². The second-order valence-electron chi connectivity index (χ2n) is 4.69. The quantitative estimate of drug-likeness (QED) is 0.723. The van der Waals surface area contributed by atoms with Crippen molar-refractivity contribution in [2.75, 3.05) is 13.6 Å². The maximum atomic E-state index is 11.2. The fraction of sp³-hybridized carbons (Fsp3) is 0.467. The molecule has 0 saturated carbocycles. The maximum absolute atomic E-state index is 11.2. The lowest BCUT2D eigenvalue weighted by Gasteiger charge is -2.23. The summed E-state index contributed by atoms with van der Waals surface area (Å²) in [5.74, 6) is 0.0979. The van der Waals surface area contributed by atoms with E-state index in [-0.39, 0.29) is 5.78 Å². The van der Waals surface area contributed by atoms with Crippen molar-refractivity contribution in [1.29, 1.82) is 5.26 Å². The van der Waals surface area contributed by atoms with Gasteiger partial charge in [0.1, 0.15) is 0 Å². The molecule has 3 heteroatoms. The highest BCUT2D eigenvalue weighted by Crippen LogP contribution is 2.10. The Hall–Kier alpha value is -1.66. The number of likely N-dealkylation sites (N-methyl/N-ethyl adjacent to an activating group) is 1. The summed E-state index contributed by atoms with van der Waals surface area (Å²) in [6, 6.07) is 10.3. The Morgan fingerprint density at radius 3 is 2.50 bits per heavy atom. The molecule has 1 rings (SSSR count). The van der Waals surface area contributed by atoms with Crippen LogP contribution in [0.1, 0.15) is 36.2 Å². The van der Waals surface area contributed by atoms with Crippen LogP contribution in [-0.4, -0.2) is 30.3 Å². The molecule has 0 saturated heterocycles. The first-order valence-electron chi connectivity index (χ1n) is 6.21. The van der Waals surface area contributed by atoms with E-state index in [0.717, 1.165) is 18.5 Å². The number of carbonyl (C=O) groups is 1. The van der Waals surface area contributed by atoms with Gasteiger partial charge in [-0.2, -0.15) is 5.26 Å². The van der Waals surface area contributed by atoms with E-state index in [4.69, 9.17) is 5.26 Å². The molecule has 96 valence electrons. The van der Waals surface area contributed by atoms with E-state index in [2.05, 4.69) is 17.9 Å². The largest absolute Gasteiger partial charge is 0.302 e. The van der Waals surface area contributed by atoms with E-state index in [1.54, 1.807) is 6.92 Å². The van der Waals surface area contributed by atoms with Crippen LogP contribution in [0.4, 0.5) is 0 Å². The topological polar surface area (TPSA) is 44.1 Å². The van der Waals surface area contributed by atoms with Crippen molar-refractivity contribution < 1.29 is 4.79 Å². The first-order chi connectivity index (χ1) is 8.54. The second-order valence-corrected chi connectivity index (χ2v) is 4.69. The van der Waals surface area contributed by atoms with Crippen LogP contribution in [0.5, 0.6) is 0 Å². The molecule has 1 atom stereocenters. The number of ketones is 1. The third-order valence-electron chi connectivity index (χ3n) is 3.22. The van der Waals surface area contributed by atoms with Crippen LogP contribution in [0, 0.1) is 11.3 Å². The van der Waals surface area contributed by atoms with Gasteiger partial charge in [-0.3, -0.25) is 4.79 Å². The van der Waals surface area contributed by atoms with Gasteiger partial charge in [-0.1, -0.05) is 24.3 Å². The van der Waals surface area contributed by atoms with Crippen LogP contribution < -0.4 is 0 Å². The zero-order valence-corrected chi connectivity index (χ0v) is 11.3. The van der Waals surface area contributed by atoms with Gasteiger partial charge >= 0.3 is 0 Å². The molecule has 0 fully saturated rings. The molecule has 1 unspecified atom stereocenters. The summed E-state index contributed by atoms with van der Waals surface area (Å²) < 4.78 is 0. The van der Waals surface area contributed by atoms with Crippen molar-refractivity contribution in [1.82, 2.24) is 4.90 Å². The first kappa shape index (κ1) is 14.4. The molecule has 0 amide bonds. The van der Waals surface area contributed by atoms with Crippen molar-refractivity contribution in [2.24, 2.45) is 0 Å². The predicted octanol–water partition coefficient (Wildman–Crippen LogP) is 2.67. The lowest BCUT2D eigenvalue weighted by atomic mass is 10.0. The summed E-state index contributed by atoms with van der Waals surface area (Å²) >= 11 is 0. The standard InChI is InChI=1S/C15H20N2O/c1-12(17(3)10-4-9-16)11-14-5-7-15(8-6-14)13(2)18/h5-8,12H,4,10-11H2,1-3H3. The van der Waals surface area contributed by atoms with Crippen LogP contribution in [0.25, 0.3) is 0 Å². The third kappa shape index (κ3) is 4.31. The number of benzene rings is 1. The molecular formula is C15H20N2O. The van der Waals surface area contributed by atoms with Crippen LogP contribution in [0.2, 0.25) is 0 Å². The Kier molecular flexibility index (Phi) is 5.54. The maximum Gasteiger partial charge on any atom is 0.159 e. The highest BCUT2D eigenvalue weighted by Gasteiger charge is 2.09. The molecule has 0 aliphatic carbocycles. The van der Waals surface area contributed by atoms with Gasteiger partial charge in [0.2, 0.25) is 0 Å². The van der Waals surface area contributed by atoms with Crippen LogP contribution in [0.3, 0.4) is 0 Å². The molecule has 0 spiro atoms. The zero-order chi connectivity index (χ0) is 13.5. The number of hydrogen-bond acceptors (Lipinski definition) is 3. The summed E-state index contributed by atoms with van der Waals surface area (Å²) in [5, 5.41) is 8.56. The molecule has 0 aromatic heterocycles. The number of hydrogen-bond donors (Lipinski definition) is 0. The summed E-state index contributed by atoms with van der Waals surface area (Å²) in [7, 11) is 2.03. The van der Waals surface area contributed by atoms with E-state index in [0.29, 0.717) is 12.5 Å². The van der Waals surface area contributed by atoms with Gasteiger partial charge in [0.15, 0.2) is 5.78 Å². The number of Topliss-reactive ketones (excluding diaryl/α,β-unsaturated/α-hetero) is 1. The minimum atomic E-state index is 0.0979. The second kappa shape index (κ2) is 6.93. The van der Waals surface area contributed by atoms with Crippen LogP contribution in [-0.2, 0) is 6.42 Å². The molecule has 0 aliphatic heterocycles. The predicted molar refractivity (Wildman–Crippen MR) is 72.5 cm³/mol. The van der Waals surface area contributed by atoms with Gasteiger partial charge in [-0.05, 0) is 32.9 Å². The monoisotopic (exact) mass is 244 g/mol. The summed E-state index contributed by atoms with van der Waals surface area (Å²) in [4.78, 5) is 13.3. The molecule has 0 aliphatic rings. The van der Waals surface area contributed by atoms with Crippen molar-refractivity contribution in [3.63, 3.8) is 0 Å². The number of carbonyl (C=O) groups excluding carboxylic acids is 1. The Bertz CT molecular complexity index is 431. The lowest BCUT2D eigenvalue weighted by Crippen LogP contribution is -2.31. The third-order valence-corrected chi connectivity index (χ3v) is 3.22. The molecular weight excluding hydrogens is 224 g/mol. The van der Waals surface area contributed by atoms with E-state index in [1.165, 1.54) is 5.56 Å². The van der Waals surface area contributed by atoms with E-state index in [1.807, 2.05) is 31.3 Å². The van der Waals surface area contributed by atoms with E-state index < -0.39 is 0 Å². The van der Waals surface area contributed by atoms with Gasteiger partial charge in [0, 0.05) is 24.6 Å². The minimum absolute atomic E-state index is 0.0979. The number of nitrogens with zero attached hydrogens (tertiary/aromatic N) is 2. The SMILES string of the molecule is CC(=O)c1ccc(CC(C)N(C)CCC#N)cc1. The van der Waals surface area contributed by atoms with Gasteiger partial charge < -0.3 is 4.90 Å². The number of nitriles is 1. The first-order valence-corrected chi connectivity index (χ1v) is 6.21. The number of rotatable bonds is 6. The fourth-order valence-corrected chi connectivity index (χ4v) is 1.82. The smallest absolute Gasteiger partial charge is 0.159 e. The van der Waals surface area contributed by atoms with E-state index in [9.17, 15) is 4.79 Å². The van der Waals surface area contributed by atoms with Gasteiger partial charge in [-0.15, -0.1) is 0 Å². The zero-order valence-electron chi connectivity index (χ0n) is 11.3.